The van der Waals surface area contributed by atoms with Crippen LogP contribution in [0.1, 0.15) is 65.7 Å². The number of fused-ring (bicyclic) bond motifs is 1. The van der Waals surface area contributed by atoms with Crippen molar-refractivity contribution >= 4 is 5.71 Å². The Labute approximate surface area is 117 Å². The fourth-order valence-corrected chi connectivity index (χ4v) is 4.65. The Morgan fingerprint density at radius 2 is 2.05 bits per heavy atom. The van der Waals surface area contributed by atoms with Gasteiger partial charge in [-0.3, -0.25) is 0 Å². The zero-order chi connectivity index (χ0) is 13.7. The van der Waals surface area contributed by atoms with Crippen molar-refractivity contribution in [2.24, 2.45) is 11.8 Å². The smallest absolute Gasteiger partial charge is 0.0930 e. The molecule has 2 fully saturated rings. The SMILES string of the molecule is CC(=N)CCC1=CCCC2CCC3CC12OC3(C)C. The van der Waals surface area contributed by atoms with E-state index in [0.717, 1.165) is 30.4 Å². The van der Waals surface area contributed by atoms with Crippen LogP contribution in [0.5, 0.6) is 0 Å². The molecule has 1 aliphatic heterocycles. The third-order valence-electron chi connectivity index (χ3n) is 5.72. The minimum Gasteiger partial charge on any atom is -0.364 e. The molecule has 3 atom stereocenters. The third kappa shape index (κ3) is 2.08. The fraction of sp³-hybridized carbons (Fsp3) is 0.824. The molecule has 3 rings (SSSR count). The summed E-state index contributed by atoms with van der Waals surface area (Å²) in [4.78, 5) is 0. The lowest BCUT2D eigenvalue weighted by molar-refractivity contribution is -0.0976. The summed E-state index contributed by atoms with van der Waals surface area (Å²) in [6.45, 7) is 6.48. The van der Waals surface area contributed by atoms with Crippen LogP contribution in [0.3, 0.4) is 0 Å². The van der Waals surface area contributed by atoms with Gasteiger partial charge in [-0.15, -0.1) is 0 Å². The lowest BCUT2D eigenvalue weighted by Gasteiger charge is -2.44. The molecule has 3 unspecified atom stereocenters. The van der Waals surface area contributed by atoms with Crippen molar-refractivity contribution < 1.29 is 4.74 Å². The van der Waals surface area contributed by atoms with Gasteiger partial charge in [0, 0.05) is 5.71 Å². The van der Waals surface area contributed by atoms with Crippen LogP contribution in [0.15, 0.2) is 11.6 Å². The van der Waals surface area contributed by atoms with Crippen molar-refractivity contribution in [3.05, 3.63) is 11.6 Å². The maximum Gasteiger partial charge on any atom is 0.0930 e. The molecule has 2 nitrogen and oxygen atoms in total. The van der Waals surface area contributed by atoms with Gasteiger partial charge in [0.15, 0.2) is 0 Å². The van der Waals surface area contributed by atoms with E-state index in [1.54, 1.807) is 0 Å². The highest BCUT2D eigenvalue weighted by Crippen LogP contribution is 2.59. The topological polar surface area (TPSA) is 33.1 Å². The number of ether oxygens (including phenoxy) is 1. The maximum absolute atomic E-state index is 7.69. The number of hydrogen-bond acceptors (Lipinski definition) is 2. The van der Waals surface area contributed by atoms with Crippen molar-refractivity contribution in [1.29, 1.82) is 5.41 Å². The Morgan fingerprint density at radius 1 is 1.32 bits per heavy atom. The predicted molar refractivity (Wildman–Crippen MR) is 78.7 cm³/mol. The van der Waals surface area contributed by atoms with Crippen molar-refractivity contribution in [1.82, 2.24) is 0 Å². The van der Waals surface area contributed by atoms with E-state index in [0.29, 0.717) is 0 Å². The minimum absolute atomic E-state index is 0.0418. The molecule has 1 saturated heterocycles. The largest absolute Gasteiger partial charge is 0.364 e. The van der Waals surface area contributed by atoms with Crippen LogP contribution in [0, 0.1) is 17.2 Å². The summed E-state index contributed by atoms with van der Waals surface area (Å²) < 4.78 is 6.67. The van der Waals surface area contributed by atoms with E-state index in [1.807, 2.05) is 6.92 Å². The molecule has 2 heteroatoms. The van der Waals surface area contributed by atoms with Gasteiger partial charge >= 0.3 is 0 Å². The summed E-state index contributed by atoms with van der Waals surface area (Å²) in [5, 5.41) is 7.69. The average Bonchev–Trinajstić information content (AvgIpc) is 2.54. The van der Waals surface area contributed by atoms with E-state index in [-0.39, 0.29) is 11.2 Å². The first-order valence-electron chi connectivity index (χ1n) is 7.88. The molecular formula is C17H27NO. The summed E-state index contributed by atoms with van der Waals surface area (Å²) in [5.41, 5.74) is 2.40. The molecule has 106 valence electrons. The quantitative estimate of drug-likeness (QED) is 0.589. The van der Waals surface area contributed by atoms with Gasteiger partial charge in [-0.2, -0.15) is 0 Å². The summed E-state index contributed by atoms with van der Waals surface area (Å²) in [6, 6.07) is 0. The summed E-state index contributed by atoms with van der Waals surface area (Å²) >= 11 is 0. The van der Waals surface area contributed by atoms with Crippen LogP contribution in [0.25, 0.3) is 0 Å². The van der Waals surface area contributed by atoms with Crippen LogP contribution in [-0.2, 0) is 4.74 Å². The minimum atomic E-state index is 0.0418. The molecule has 1 saturated carbocycles. The maximum atomic E-state index is 7.69. The second-order valence-electron chi connectivity index (χ2n) is 7.36. The highest BCUT2D eigenvalue weighted by atomic mass is 16.5. The first-order valence-corrected chi connectivity index (χ1v) is 7.88. The van der Waals surface area contributed by atoms with E-state index in [9.17, 15) is 0 Å². The Kier molecular flexibility index (Phi) is 3.12. The van der Waals surface area contributed by atoms with Crippen LogP contribution in [-0.4, -0.2) is 16.9 Å². The van der Waals surface area contributed by atoms with Crippen LogP contribution >= 0.6 is 0 Å². The molecule has 1 heterocycles. The Bertz CT molecular complexity index is 423. The number of nitrogens with one attached hydrogen (secondary N) is 1. The Hall–Kier alpha value is -0.630. The standard InChI is InChI=1S/C17H27NO/c1-12(18)7-8-13-5-4-6-14-9-10-15-11-17(13,14)19-16(15,2)3/h5,14-15,18H,4,6-11H2,1-3H3. The van der Waals surface area contributed by atoms with E-state index in [2.05, 4.69) is 19.9 Å². The van der Waals surface area contributed by atoms with Crippen LogP contribution in [0.2, 0.25) is 0 Å². The molecule has 1 N–H and O–H groups in total. The predicted octanol–water partition coefficient (Wildman–Crippen LogP) is 4.49. The van der Waals surface area contributed by atoms with E-state index in [1.165, 1.54) is 37.7 Å². The van der Waals surface area contributed by atoms with Crippen molar-refractivity contribution in [3.63, 3.8) is 0 Å². The van der Waals surface area contributed by atoms with Gasteiger partial charge < -0.3 is 10.1 Å². The molecule has 2 aliphatic carbocycles. The zero-order valence-electron chi connectivity index (χ0n) is 12.6. The summed E-state index contributed by atoms with van der Waals surface area (Å²) in [5.74, 6) is 1.46. The monoisotopic (exact) mass is 261 g/mol. The first-order chi connectivity index (χ1) is 8.94. The van der Waals surface area contributed by atoms with Gasteiger partial charge in [0.25, 0.3) is 0 Å². The Morgan fingerprint density at radius 3 is 2.79 bits per heavy atom. The number of allylic oxidation sites excluding steroid dienone is 1. The molecule has 0 amide bonds. The molecule has 0 aromatic rings. The fourth-order valence-electron chi connectivity index (χ4n) is 4.65. The second kappa shape index (κ2) is 4.44. The summed E-state index contributed by atoms with van der Waals surface area (Å²) in [6.07, 6.45) is 10.8. The second-order valence-corrected chi connectivity index (χ2v) is 7.36. The van der Waals surface area contributed by atoms with E-state index in [4.69, 9.17) is 10.1 Å². The van der Waals surface area contributed by atoms with E-state index >= 15 is 0 Å². The molecule has 0 aromatic carbocycles. The van der Waals surface area contributed by atoms with Crippen LogP contribution < -0.4 is 0 Å². The van der Waals surface area contributed by atoms with Crippen molar-refractivity contribution in [3.8, 4) is 0 Å². The molecule has 19 heavy (non-hydrogen) atoms. The number of hydrogen-bond donors (Lipinski definition) is 1. The van der Waals surface area contributed by atoms with Crippen molar-refractivity contribution in [2.75, 3.05) is 0 Å². The van der Waals surface area contributed by atoms with Gasteiger partial charge in [-0.05, 0) is 83.1 Å². The number of rotatable bonds is 3. The average molecular weight is 261 g/mol. The highest BCUT2D eigenvalue weighted by molar-refractivity contribution is 5.78. The van der Waals surface area contributed by atoms with Gasteiger partial charge in [0.2, 0.25) is 0 Å². The molecule has 0 radical (unpaired) electrons. The highest BCUT2D eigenvalue weighted by Gasteiger charge is 2.59. The van der Waals surface area contributed by atoms with Gasteiger partial charge in [0.05, 0.1) is 11.2 Å². The molecule has 3 aliphatic rings. The van der Waals surface area contributed by atoms with Crippen molar-refractivity contribution in [2.45, 2.75) is 76.9 Å². The Balaban J connectivity index is 1.89. The van der Waals surface area contributed by atoms with Crippen LogP contribution in [0.4, 0.5) is 0 Å². The molecule has 0 aromatic heterocycles. The van der Waals surface area contributed by atoms with E-state index < -0.39 is 0 Å². The molecule has 1 spiro atoms. The lowest BCUT2D eigenvalue weighted by atomic mass is 9.63. The first kappa shape index (κ1) is 13.4. The zero-order valence-corrected chi connectivity index (χ0v) is 12.6. The third-order valence-corrected chi connectivity index (χ3v) is 5.72. The summed E-state index contributed by atoms with van der Waals surface area (Å²) in [7, 11) is 0. The van der Waals surface area contributed by atoms with Gasteiger partial charge in [-0.1, -0.05) is 6.08 Å². The lowest BCUT2D eigenvalue weighted by Crippen LogP contribution is -2.44. The molecular weight excluding hydrogens is 234 g/mol. The van der Waals surface area contributed by atoms with Gasteiger partial charge in [-0.25, -0.2) is 0 Å². The molecule has 2 bridgehead atoms. The normalized spacial score (nSPS) is 39.6. The van der Waals surface area contributed by atoms with Gasteiger partial charge in [0.1, 0.15) is 0 Å².